The van der Waals surface area contributed by atoms with Crippen molar-refractivity contribution in [3.05, 3.63) is 63.6 Å². The molecule has 0 aliphatic rings. The lowest BCUT2D eigenvalue weighted by molar-refractivity contribution is 0.128. The van der Waals surface area contributed by atoms with E-state index < -0.39 is 0 Å². The van der Waals surface area contributed by atoms with Crippen molar-refractivity contribution in [2.45, 2.75) is 39.3 Å². The molecular formula is C21H27Cl2NO2. The lowest BCUT2D eigenvalue weighted by Gasteiger charge is -2.13. The fourth-order valence-electron chi connectivity index (χ4n) is 2.44. The molecule has 0 saturated carbocycles. The van der Waals surface area contributed by atoms with E-state index in [1.807, 2.05) is 42.5 Å². The molecule has 0 atom stereocenters. The zero-order chi connectivity index (χ0) is 18.6. The molecule has 1 N–H and O–H groups in total. The Kier molecular flexibility index (Phi) is 9.86. The highest BCUT2D eigenvalue weighted by Crippen LogP contribution is 2.24. The molecule has 26 heavy (non-hydrogen) atoms. The molecule has 0 fully saturated rings. The van der Waals surface area contributed by atoms with E-state index in [1.165, 1.54) is 6.42 Å². The second-order valence-electron chi connectivity index (χ2n) is 6.16. The van der Waals surface area contributed by atoms with Gasteiger partial charge in [-0.25, -0.2) is 0 Å². The molecule has 2 aromatic carbocycles. The fraction of sp³-hybridized carbons (Fsp3) is 0.429. The van der Waals surface area contributed by atoms with Crippen molar-refractivity contribution in [1.29, 1.82) is 0 Å². The summed E-state index contributed by atoms with van der Waals surface area (Å²) in [5, 5.41) is 4.87. The number of rotatable bonds is 12. The third kappa shape index (κ3) is 7.96. The maximum atomic E-state index is 6.14. The number of ether oxygens (including phenoxy) is 2. The van der Waals surface area contributed by atoms with Crippen LogP contribution in [0.15, 0.2) is 42.5 Å². The number of nitrogens with one attached hydrogen (secondary N) is 1. The molecule has 0 aliphatic carbocycles. The Bertz CT molecular complexity index is 647. The van der Waals surface area contributed by atoms with Gasteiger partial charge in [0.25, 0.3) is 0 Å². The molecule has 142 valence electrons. The monoisotopic (exact) mass is 395 g/mol. The third-order valence-corrected chi connectivity index (χ3v) is 4.42. The van der Waals surface area contributed by atoms with Crippen LogP contribution in [0.4, 0.5) is 0 Å². The van der Waals surface area contributed by atoms with E-state index in [0.717, 1.165) is 54.5 Å². The quantitative estimate of drug-likeness (QED) is 0.455. The lowest BCUT2D eigenvalue weighted by atomic mass is 10.2. The molecule has 0 aromatic heterocycles. The smallest absolute Gasteiger partial charge is 0.124 e. The van der Waals surface area contributed by atoms with Crippen LogP contribution in [0.1, 0.15) is 37.3 Å². The first-order valence-electron chi connectivity index (χ1n) is 9.13. The number of halogens is 2. The standard InChI is InChI=1S/C21H27Cl2NO2/c1-2-3-12-25-13-4-11-24-15-18-14-20(23)9-10-21(18)26-16-17-5-7-19(22)8-6-17/h5-10,14,24H,2-4,11-13,15-16H2,1H3. The summed E-state index contributed by atoms with van der Waals surface area (Å²) in [6.07, 6.45) is 3.29. The molecule has 0 radical (unpaired) electrons. The van der Waals surface area contributed by atoms with Crippen LogP contribution in [-0.4, -0.2) is 19.8 Å². The highest BCUT2D eigenvalue weighted by atomic mass is 35.5. The normalized spacial score (nSPS) is 10.9. The zero-order valence-electron chi connectivity index (χ0n) is 15.3. The van der Waals surface area contributed by atoms with E-state index >= 15 is 0 Å². The SMILES string of the molecule is CCCCOCCCNCc1cc(Cl)ccc1OCc1ccc(Cl)cc1. The van der Waals surface area contributed by atoms with E-state index in [-0.39, 0.29) is 0 Å². The maximum absolute atomic E-state index is 6.14. The summed E-state index contributed by atoms with van der Waals surface area (Å²) < 4.78 is 11.5. The van der Waals surface area contributed by atoms with Gasteiger partial charge >= 0.3 is 0 Å². The van der Waals surface area contributed by atoms with Gasteiger partial charge < -0.3 is 14.8 Å². The van der Waals surface area contributed by atoms with Gasteiger partial charge in [-0.05, 0) is 55.3 Å². The average Bonchev–Trinajstić information content (AvgIpc) is 2.64. The molecule has 0 heterocycles. The number of unbranched alkanes of at least 4 members (excludes halogenated alkanes) is 1. The van der Waals surface area contributed by atoms with Crippen LogP contribution in [0.25, 0.3) is 0 Å². The fourth-order valence-corrected chi connectivity index (χ4v) is 2.76. The summed E-state index contributed by atoms with van der Waals surface area (Å²) in [6, 6.07) is 13.4. The van der Waals surface area contributed by atoms with Crippen LogP contribution in [0.5, 0.6) is 5.75 Å². The Hall–Kier alpha value is -1.26. The van der Waals surface area contributed by atoms with Crippen molar-refractivity contribution in [3.8, 4) is 5.75 Å². The Labute approximate surface area is 166 Å². The Morgan fingerprint density at radius 1 is 0.923 bits per heavy atom. The first-order valence-corrected chi connectivity index (χ1v) is 9.88. The molecule has 0 spiro atoms. The lowest BCUT2D eigenvalue weighted by Crippen LogP contribution is -2.17. The third-order valence-electron chi connectivity index (χ3n) is 3.93. The Morgan fingerprint density at radius 3 is 2.42 bits per heavy atom. The van der Waals surface area contributed by atoms with E-state index in [1.54, 1.807) is 0 Å². The molecule has 2 aromatic rings. The van der Waals surface area contributed by atoms with E-state index in [4.69, 9.17) is 32.7 Å². The van der Waals surface area contributed by atoms with E-state index in [9.17, 15) is 0 Å². The van der Waals surface area contributed by atoms with Gasteiger partial charge in [0.1, 0.15) is 12.4 Å². The van der Waals surface area contributed by atoms with Crippen LogP contribution < -0.4 is 10.1 Å². The van der Waals surface area contributed by atoms with E-state index in [2.05, 4.69) is 12.2 Å². The predicted octanol–water partition coefficient (Wildman–Crippen LogP) is 5.87. The number of hydrogen-bond acceptors (Lipinski definition) is 3. The van der Waals surface area contributed by atoms with Crippen molar-refractivity contribution >= 4 is 23.2 Å². The Balaban J connectivity index is 1.78. The van der Waals surface area contributed by atoms with Crippen molar-refractivity contribution in [2.75, 3.05) is 19.8 Å². The number of benzene rings is 2. The summed E-state index contributed by atoms with van der Waals surface area (Å²) in [5.41, 5.74) is 2.13. The molecule has 0 saturated heterocycles. The van der Waals surface area contributed by atoms with Crippen LogP contribution in [0.3, 0.4) is 0 Å². The minimum Gasteiger partial charge on any atom is -0.489 e. The molecule has 5 heteroatoms. The zero-order valence-corrected chi connectivity index (χ0v) is 16.8. The molecule has 0 amide bonds. The van der Waals surface area contributed by atoms with Gasteiger partial charge in [-0.3, -0.25) is 0 Å². The van der Waals surface area contributed by atoms with Gasteiger partial charge in [-0.1, -0.05) is 48.7 Å². The highest BCUT2D eigenvalue weighted by molar-refractivity contribution is 6.30. The van der Waals surface area contributed by atoms with Gasteiger partial charge in [0.2, 0.25) is 0 Å². The topological polar surface area (TPSA) is 30.5 Å². The van der Waals surface area contributed by atoms with Crippen LogP contribution in [0, 0.1) is 0 Å². The summed E-state index contributed by atoms with van der Waals surface area (Å²) >= 11 is 12.1. The summed E-state index contributed by atoms with van der Waals surface area (Å²) in [5.74, 6) is 0.844. The van der Waals surface area contributed by atoms with Gasteiger partial charge in [0.05, 0.1) is 0 Å². The van der Waals surface area contributed by atoms with Gasteiger partial charge in [0, 0.05) is 35.4 Å². The maximum Gasteiger partial charge on any atom is 0.124 e. The van der Waals surface area contributed by atoms with Crippen molar-refractivity contribution < 1.29 is 9.47 Å². The van der Waals surface area contributed by atoms with Crippen molar-refractivity contribution in [2.24, 2.45) is 0 Å². The summed E-state index contributed by atoms with van der Waals surface area (Å²) in [6.45, 7) is 5.93. The predicted molar refractivity (Wildman–Crippen MR) is 109 cm³/mol. The molecule has 2 rings (SSSR count). The first kappa shape index (κ1) is 21.0. The average molecular weight is 396 g/mol. The summed E-state index contributed by atoms with van der Waals surface area (Å²) in [7, 11) is 0. The largest absolute Gasteiger partial charge is 0.489 e. The Morgan fingerprint density at radius 2 is 1.65 bits per heavy atom. The summed E-state index contributed by atoms with van der Waals surface area (Å²) in [4.78, 5) is 0. The van der Waals surface area contributed by atoms with Gasteiger partial charge in [-0.15, -0.1) is 0 Å². The molecule has 0 aliphatic heterocycles. The van der Waals surface area contributed by atoms with Gasteiger partial charge in [0.15, 0.2) is 0 Å². The molecule has 3 nitrogen and oxygen atoms in total. The van der Waals surface area contributed by atoms with Crippen LogP contribution >= 0.6 is 23.2 Å². The second kappa shape index (κ2) is 12.2. The minimum absolute atomic E-state index is 0.497. The number of hydrogen-bond donors (Lipinski definition) is 1. The highest BCUT2D eigenvalue weighted by Gasteiger charge is 2.06. The van der Waals surface area contributed by atoms with Crippen LogP contribution in [-0.2, 0) is 17.9 Å². The minimum atomic E-state index is 0.497. The van der Waals surface area contributed by atoms with E-state index in [0.29, 0.717) is 18.2 Å². The molecule has 0 bridgehead atoms. The first-order chi connectivity index (χ1) is 12.7. The van der Waals surface area contributed by atoms with Crippen molar-refractivity contribution in [1.82, 2.24) is 5.32 Å². The van der Waals surface area contributed by atoms with Gasteiger partial charge in [-0.2, -0.15) is 0 Å². The van der Waals surface area contributed by atoms with Crippen molar-refractivity contribution in [3.63, 3.8) is 0 Å². The second-order valence-corrected chi connectivity index (χ2v) is 7.04. The van der Waals surface area contributed by atoms with Crippen LogP contribution in [0.2, 0.25) is 10.0 Å². The molecule has 0 unspecified atom stereocenters. The molecular weight excluding hydrogens is 369 g/mol.